The van der Waals surface area contributed by atoms with E-state index in [9.17, 15) is 0 Å². The number of thiocarbonyl (C=S) groups is 1. The summed E-state index contributed by atoms with van der Waals surface area (Å²) in [4.78, 5) is 0. The summed E-state index contributed by atoms with van der Waals surface area (Å²) in [5.74, 6) is 0. The second-order valence-corrected chi connectivity index (χ2v) is 2.67. The Labute approximate surface area is 75.2 Å². The second-order valence-electron chi connectivity index (χ2n) is 2.43. The molecule has 3 heteroatoms. The Morgan fingerprint density at radius 3 is 2.92 bits per heavy atom. The number of hydrogen-bond donors (Lipinski definition) is 0. The summed E-state index contributed by atoms with van der Waals surface area (Å²) in [6.45, 7) is 0. The van der Waals surface area contributed by atoms with Crippen LogP contribution in [0.25, 0.3) is 10.8 Å². The predicted molar refractivity (Wildman–Crippen MR) is 52.3 cm³/mol. The van der Waals surface area contributed by atoms with Gasteiger partial charge in [0.25, 0.3) is 0 Å². The third-order valence-electron chi connectivity index (χ3n) is 1.71. The summed E-state index contributed by atoms with van der Waals surface area (Å²) in [6, 6.07) is 7.91. The summed E-state index contributed by atoms with van der Waals surface area (Å²) in [7, 11) is 0. The minimum absolute atomic E-state index is 0.767. The quantitative estimate of drug-likeness (QED) is 0.618. The Balaban J connectivity index is 2.88. The molecule has 0 amide bonds. The lowest BCUT2D eigenvalue weighted by Crippen LogP contribution is -1.90. The van der Waals surface area contributed by atoms with Crippen LogP contribution >= 0.6 is 12.2 Å². The van der Waals surface area contributed by atoms with Gasteiger partial charge in [0, 0.05) is 16.1 Å². The van der Waals surface area contributed by atoms with Gasteiger partial charge in [-0.25, -0.2) is 0 Å². The molecule has 0 N–H and O–H groups in total. The molecule has 58 valence electrons. The van der Waals surface area contributed by atoms with Crippen LogP contribution in [0, 0.1) is 0 Å². The van der Waals surface area contributed by atoms with E-state index in [1.54, 1.807) is 11.6 Å². The van der Waals surface area contributed by atoms with Gasteiger partial charge in [-0.2, -0.15) is 5.10 Å². The van der Waals surface area contributed by atoms with Crippen molar-refractivity contribution in [2.24, 2.45) is 0 Å². The standard InChI is InChI=1S/C9H6N2S/c12-6-9-8-4-2-1-3-7(8)5-10-11-9/h1-6H. The summed E-state index contributed by atoms with van der Waals surface area (Å²) < 4.78 is 0. The molecule has 0 saturated carbocycles. The molecule has 2 aromatic rings. The molecule has 0 spiro atoms. The molecular weight excluding hydrogens is 168 g/mol. The fourth-order valence-electron chi connectivity index (χ4n) is 1.14. The molecule has 0 aliphatic carbocycles. The Morgan fingerprint density at radius 1 is 1.25 bits per heavy atom. The molecule has 1 aromatic heterocycles. The Morgan fingerprint density at radius 2 is 2.08 bits per heavy atom. The SMILES string of the molecule is S=Cc1nncc2ccccc12. The third-order valence-corrected chi connectivity index (χ3v) is 1.93. The number of aromatic nitrogens is 2. The van der Waals surface area contributed by atoms with Crippen LogP contribution in [0.2, 0.25) is 0 Å². The van der Waals surface area contributed by atoms with Gasteiger partial charge in [0.1, 0.15) is 5.69 Å². The summed E-state index contributed by atoms with van der Waals surface area (Å²) in [5.41, 5.74) is 0.767. The normalized spacial score (nSPS) is 10.0. The van der Waals surface area contributed by atoms with Crippen LogP contribution in [-0.2, 0) is 0 Å². The van der Waals surface area contributed by atoms with Gasteiger partial charge in [0.05, 0.1) is 6.20 Å². The van der Waals surface area contributed by atoms with Crippen molar-refractivity contribution in [1.29, 1.82) is 0 Å². The molecular formula is C9H6N2S. The first-order chi connectivity index (χ1) is 5.92. The van der Waals surface area contributed by atoms with Crippen molar-refractivity contribution < 1.29 is 0 Å². The van der Waals surface area contributed by atoms with Crippen molar-refractivity contribution in [2.45, 2.75) is 0 Å². The Kier molecular flexibility index (Phi) is 1.80. The van der Waals surface area contributed by atoms with E-state index in [2.05, 4.69) is 10.2 Å². The molecule has 0 aliphatic heterocycles. The van der Waals surface area contributed by atoms with Crippen molar-refractivity contribution >= 4 is 28.4 Å². The van der Waals surface area contributed by atoms with Gasteiger partial charge >= 0.3 is 0 Å². The lowest BCUT2D eigenvalue weighted by molar-refractivity contribution is 1.04. The number of benzene rings is 1. The molecule has 1 aromatic carbocycles. The number of rotatable bonds is 1. The highest BCUT2D eigenvalue weighted by molar-refractivity contribution is 7.79. The van der Waals surface area contributed by atoms with E-state index in [0.717, 1.165) is 16.5 Å². The third kappa shape index (κ3) is 1.08. The minimum atomic E-state index is 0.767. The first-order valence-corrected chi connectivity index (χ1v) is 4.04. The zero-order valence-electron chi connectivity index (χ0n) is 6.27. The van der Waals surface area contributed by atoms with E-state index in [-0.39, 0.29) is 0 Å². The van der Waals surface area contributed by atoms with Crippen molar-refractivity contribution in [3.8, 4) is 0 Å². The van der Waals surface area contributed by atoms with Gasteiger partial charge in [-0.1, -0.05) is 36.5 Å². The molecule has 0 unspecified atom stereocenters. The first kappa shape index (κ1) is 7.31. The number of nitrogens with zero attached hydrogens (tertiary/aromatic N) is 2. The topological polar surface area (TPSA) is 25.8 Å². The zero-order chi connectivity index (χ0) is 8.39. The number of hydrogen-bond acceptors (Lipinski definition) is 3. The smallest absolute Gasteiger partial charge is 0.104 e. The molecule has 0 saturated heterocycles. The summed E-state index contributed by atoms with van der Waals surface area (Å²) >= 11 is 4.82. The molecule has 0 fully saturated rings. The highest BCUT2D eigenvalue weighted by Gasteiger charge is 1.97. The summed E-state index contributed by atoms with van der Waals surface area (Å²) in [6.07, 6.45) is 1.73. The van der Waals surface area contributed by atoms with E-state index in [1.807, 2.05) is 24.3 Å². The lowest BCUT2D eigenvalue weighted by atomic mass is 10.1. The van der Waals surface area contributed by atoms with Gasteiger partial charge in [-0.05, 0) is 0 Å². The molecule has 0 radical (unpaired) electrons. The fourth-order valence-corrected chi connectivity index (χ4v) is 1.31. The van der Waals surface area contributed by atoms with Crippen LogP contribution in [0.5, 0.6) is 0 Å². The minimum Gasteiger partial charge on any atom is -0.158 e. The van der Waals surface area contributed by atoms with E-state index < -0.39 is 0 Å². The van der Waals surface area contributed by atoms with E-state index >= 15 is 0 Å². The van der Waals surface area contributed by atoms with Crippen LogP contribution in [-0.4, -0.2) is 15.6 Å². The highest BCUT2D eigenvalue weighted by atomic mass is 32.1. The zero-order valence-corrected chi connectivity index (χ0v) is 7.08. The van der Waals surface area contributed by atoms with Crippen molar-refractivity contribution in [1.82, 2.24) is 10.2 Å². The van der Waals surface area contributed by atoms with Gasteiger partial charge in [0.2, 0.25) is 0 Å². The summed E-state index contributed by atoms with van der Waals surface area (Å²) in [5, 5.41) is 11.4. The molecule has 0 bridgehead atoms. The molecule has 2 nitrogen and oxygen atoms in total. The van der Waals surface area contributed by atoms with E-state index in [4.69, 9.17) is 12.2 Å². The molecule has 1 heterocycles. The first-order valence-electron chi connectivity index (χ1n) is 3.57. The van der Waals surface area contributed by atoms with Gasteiger partial charge in [-0.3, -0.25) is 0 Å². The monoisotopic (exact) mass is 174 g/mol. The largest absolute Gasteiger partial charge is 0.158 e. The van der Waals surface area contributed by atoms with Crippen LogP contribution in [0.1, 0.15) is 5.69 Å². The van der Waals surface area contributed by atoms with Gasteiger partial charge < -0.3 is 0 Å². The average molecular weight is 174 g/mol. The maximum Gasteiger partial charge on any atom is 0.104 e. The Hall–Kier alpha value is -1.35. The van der Waals surface area contributed by atoms with Crippen molar-refractivity contribution in [3.63, 3.8) is 0 Å². The molecule has 2 rings (SSSR count). The lowest BCUT2D eigenvalue weighted by Gasteiger charge is -1.97. The van der Waals surface area contributed by atoms with Crippen LogP contribution in [0.3, 0.4) is 0 Å². The van der Waals surface area contributed by atoms with Crippen molar-refractivity contribution in [2.75, 3.05) is 0 Å². The van der Waals surface area contributed by atoms with E-state index in [1.165, 1.54) is 0 Å². The number of fused-ring (bicyclic) bond motifs is 1. The molecule has 12 heavy (non-hydrogen) atoms. The highest BCUT2D eigenvalue weighted by Crippen LogP contribution is 2.13. The van der Waals surface area contributed by atoms with Gasteiger partial charge in [-0.15, -0.1) is 5.10 Å². The molecule has 0 atom stereocenters. The predicted octanol–water partition coefficient (Wildman–Crippen LogP) is 1.98. The van der Waals surface area contributed by atoms with Crippen LogP contribution < -0.4 is 0 Å². The second kappa shape index (κ2) is 2.95. The maximum atomic E-state index is 4.82. The van der Waals surface area contributed by atoms with Crippen molar-refractivity contribution in [3.05, 3.63) is 36.2 Å². The van der Waals surface area contributed by atoms with Crippen LogP contribution in [0.15, 0.2) is 30.5 Å². The fraction of sp³-hybridized carbons (Fsp3) is 0. The Bertz CT molecular complexity index is 420. The maximum absolute atomic E-state index is 4.82. The van der Waals surface area contributed by atoms with Gasteiger partial charge in [0.15, 0.2) is 0 Å². The molecule has 0 aliphatic rings. The average Bonchev–Trinajstić information content (AvgIpc) is 2.17. The van der Waals surface area contributed by atoms with E-state index in [0.29, 0.717) is 0 Å². The van der Waals surface area contributed by atoms with Crippen LogP contribution in [0.4, 0.5) is 0 Å².